The van der Waals surface area contributed by atoms with Crippen molar-refractivity contribution in [2.75, 3.05) is 5.43 Å². The number of carbonyl (C=O) groups excluding carboxylic acids is 1. The van der Waals surface area contributed by atoms with Gasteiger partial charge in [-0.1, -0.05) is 24.3 Å². The lowest BCUT2D eigenvalue weighted by molar-refractivity contribution is 0.101. The molecule has 2 aromatic carbocycles. The van der Waals surface area contributed by atoms with Crippen LogP contribution in [0, 0.1) is 12.7 Å². The zero-order valence-electron chi connectivity index (χ0n) is 13.3. The highest BCUT2D eigenvalue weighted by Gasteiger charge is 2.17. The van der Waals surface area contributed by atoms with Crippen LogP contribution in [0.2, 0.25) is 0 Å². The summed E-state index contributed by atoms with van der Waals surface area (Å²) < 4.78 is 16.9. The van der Waals surface area contributed by atoms with Crippen molar-refractivity contribution in [3.63, 3.8) is 0 Å². The van der Waals surface area contributed by atoms with E-state index in [1.165, 1.54) is 16.9 Å². The van der Waals surface area contributed by atoms with Gasteiger partial charge in [0.15, 0.2) is 0 Å². The van der Waals surface area contributed by atoms with Gasteiger partial charge in [0.25, 0.3) is 5.91 Å². The van der Waals surface area contributed by atoms with Crippen LogP contribution in [-0.4, -0.2) is 25.3 Å². The predicted octanol–water partition coefficient (Wildman–Crippen LogP) is 3.05. The molecule has 0 bridgehead atoms. The summed E-state index contributed by atoms with van der Waals surface area (Å²) in [7, 11) is 0. The number of rotatable bonds is 3. The molecule has 124 valence electrons. The average Bonchev–Trinajstić information content (AvgIpc) is 3.20. The third-order valence-corrected chi connectivity index (χ3v) is 4.01. The lowest BCUT2D eigenvalue weighted by atomic mass is 10.2. The quantitative estimate of drug-likeness (QED) is 0.626. The van der Waals surface area contributed by atoms with Gasteiger partial charge in [0, 0.05) is 0 Å². The number of nitrogens with one attached hydrogen (secondary N) is 1. The third-order valence-electron chi connectivity index (χ3n) is 4.01. The fourth-order valence-electron chi connectivity index (χ4n) is 2.72. The number of aromatic nitrogens is 4. The highest BCUT2D eigenvalue weighted by atomic mass is 19.1. The Morgan fingerprint density at radius 3 is 2.72 bits per heavy atom. The van der Waals surface area contributed by atoms with Gasteiger partial charge in [-0.15, -0.1) is 0 Å². The van der Waals surface area contributed by atoms with Crippen LogP contribution in [-0.2, 0) is 0 Å². The molecule has 0 radical (unpaired) electrons. The van der Waals surface area contributed by atoms with Crippen molar-refractivity contribution in [2.45, 2.75) is 6.92 Å². The average molecular weight is 335 g/mol. The first-order valence-corrected chi connectivity index (χ1v) is 7.68. The minimum atomic E-state index is -0.402. The second kappa shape index (κ2) is 5.86. The van der Waals surface area contributed by atoms with E-state index in [0.29, 0.717) is 16.9 Å². The zero-order valence-corrected chi connectivity index (χ0v) is 13.3. The Bertz CT molecular complexity index is 1080. The van der Waals surface area contributed by atoms with Crippen molar-refractivity contribution in [1.29, 1.82) is 0 Å². The van der Waals surface area contributed by atoms with Gasteiger partial charge in [-0.25, -0.2) is 18.7 Å². The largest absolute Gasteiger partial charge is 0.273 e. The molecule has 0 aliphatic rings. The maximum absolute atomic E-state index is 14.0. The van der Waals surface area contributed by atoms with Crippen LogP contribution in [0.3, 0.4) is 0 Å². The minimum Gasteiger partial charge on any atom is -0.267 e. The molecule has 0 aliphatic heterocycles. The molecule has 0 fully saturated rings. The van der Waals surface area contributed by atoms with Crippen LogP contribution < -0.4 is 5.43 Å². The van der Waals surface area contributed by atoms with Crippen molar-refractivity contribution in [3.8, 4) is 5.69 Å². The van der Waals surface area contributed by atoms with Crippen molar-refractivity contribution in [1.82, 2.24) is 19.4 Å². The van der Waals surface area contributed by atoms with Crippen LogP contribution in [0.15, 0.2) is 61.1 Å². The summed E-state index contributed by atoms with van der Waals surface area (Å²) >= 11 is 0. The van der Waals surface area contributed by atoms with E-state index in [-0.39, 0.29) is 5.91 Å². The molecule has 0 unspecified atom stereocenters. The fraction of sp³-hybridized carbons (Fsp3) is 0.0556. The first-order chi connectivity index (χ1) is 12.1. The number of para-hydroxylation sites is 3. The Hall–Kier alpha value is -3.48. The molecule has 1 N–H and O–H groups in total. The number of nitrogens with zero attached hydrogens (tertiary/aromatic N) is 4. The Balaban J connectivity index is 1.67. The molecule has 0 spiro atoms. The Labute approximate surface area is 142 Å². The van der Waals surface area contributed by atoms with E-state index >= 15 is 0 Å². The third kappa shape index (κ3) is 2.55. The van der Waals surface area contributed by atoms with Gasteiger partial charge in [0.2, 0.25) is 0 Å². The number of halogens is 1. The molecule has 4 aromatic rings. The number of amides is 1. The summed E-state index contributed by atoms with van der Waals surface area (Å²) in [5.41, 5.74) is 5.54. The van der Waals surface area contributed by atoms with E-state index in [1.54, 1.807) is 36.1 Å². The topological polar surface area (TPSA) is 64.7 Å². The van der Waals surface area contributed by atoms with Crippen LogP contribution in [0.1, 0.15) is 16.1 Å². The molecule has 0 saturated carbocycles. The van der Waals surface area contributed by atoms with Crippen molar-refractivity contribution in [2.24, 2.45) is 0 Å². The normalized spacial score (nSPS) is 11.0. The first-order valence-electron chi connectivity index (χ1n) is 7.68. The molecule has 4 rings (SSSR count). The second-order valence-electron chi connectivity index (χ2n) is 5.55. The number of imidazole rings is 1. The van der Waals surface area contributed by atoms with Gasteiger partial charge < -0.3 is 0 Å². The molecule has 2 heterocycles. The summed E-state index contributed by atoms with van der Waals surface area (Å²) in [5.74, 6) is -0.746. The van der Waals surface area contributed by atoms with Crippen LogP contribution in [0.4, 0.5) is 4.39 Å². The van der Waals surface area contributed by atoms with E-state index in [1.807, 2.05) is 24.3 Å². The maximum Gasteiger partial charge on any atom is 0.273 e. The molecular formula is C18H14FN5O. The highest BCUT2D eigenvalue weighted by molar-refractivity contribution is 6.01. The number of benzene rings is 2. The minimum absolute atomic E-state index is 0.298. The van der Waals surface area contributed by atoms with E-state index in [9.17, 15) is 9.18 Å². The summed E-state index contributed by atoms with van der Waals surface area (Å²) in [6.45, 7) is 1.72. The smallest absolute Gasteiger partial charge is 0.267 e. The van der Waals surface area contributed by atoms with Crippen LogP contribution in [0.25, 0.3) is 16.7 Å². The van der Waals surface area contributed by atoms with Gasteiger partial charge in [-0.2, -0.15) is 5.10 Å². The molecule has 7 heteroatoms. The highest BCUT2D eigenvalue weighted by Crippen LogP contribution is 2.17. The Kier molecular flexibility index (Phi) is 3.53. The van der Waals surface area contributed by atoms with E-state index in [2.05, 4.69) is 15.5 Å². The number of fused-ring (bicyclic) bond motifs is 1. The summed E-state index contributed by atoms with van der Waals surface area (Å²) in [6.07, 6.45) is 2.97. The van der Waals surface area contributed by atoms with Gasteiger partial charge >= 0.3 is 0 Å². The van der Waals surface area contributed by atoms with Crippen molar-refractivity contribution < 1.29 is 9.18 Å². The van der Waals surface area contributed by atoms with Crippen molar-refractivity contribution >= 4 is 16.9 Å². The summed E-state index contributed by atoms with van der Waals surface area (Å²) in [6, 6.07) is 13.8. The molecule has 25 heavy (non-hydrogen) atoms. The first kappa shape index (κ1) is 15.1. The van der Waals surface area contributed by atoms with Gasteiger partial charge in [-0.05, 0) is 31.2 Å². The standard InChI is InChI=1S/C18H14FN5O/c1-12-13(10-21-24(12)16-8-4-2-6-14(16)19)18(25)22-23-11-20-15-7-3-5-9-17(15)23/h2-11H,1H3,(H,22,25). The summed E-state index contributed by atoms with van der Waals surface area (Å²) in [5, 5.41) is 4.15. The summed E-state index contributed by atoms with van der Waals surface area (Å²) in [4.78, 5) is 16.8. The van der Waals surface area contributed by atoms with Gasteiger partial charge in [0.05, 0.1) is 28.5 Å². The molecule has 1 amide bonds. The van der Waals surface area contributed by atoms with Gasteiger partial charge in [0.1, 0.15) is 17.8 Å². The molecule has 0 atom stereocenters. The van der Waals surface area contributed by atoms with Crippen LogP contribution in [0.5, 0.6) is 0 Å². The molecule has 6 nitrogen and oxygen atoms in total. The lowest BCUT2D eigenvalue weighted by Gasteiger charge is -2.08. The maximum atomic E-state index is 14.0. The van der Waals surface area contributed by atoms with E-state index in [0.717, 1.165) is 11.0 Å². The van der Waals surface area contributed by atoms with E-state index in [4.69, 9.17) is 0 Å². The zero-order chi connectivity index (χ0) is 17.4. The number of hydrogen-bond acceptors (Lipinski definition) is 3. The molecule has 2 aromatic heterocycles. The lowest BCUT2D eigenvalue weighted by Crippen LogP contribution is -2.22. The number of carbonyl (C=O) groups is 1. The SMILES string of the molecule is Cc1c(C(=O)Nn2cnc3ccccc32)cnn1-c1ccccc1F. The second-order valence-corrected chi connectivity index (χ2v) is 5.55. The van der Waals surface area contributed by atoms with E-state index < -0.39 is 5.82 Å². The van der Waals surface area contributed by atoms with Crippen LogP contribution >= 0.6 is 0 Å². The van der Waals surface area contributed by atoms with Gasteiger partial charge in [-0.3, -0.25) is 10.2 Å². The Morgan fingerprint density at radius 2 is 1.88 bits per heavy atom. The fourth-order valence-corrected chi connectivity index (χ4v) is 2.72. The molecule has 0 saturated heterocycles. The molecular weight excluding hydrogens is 321 g/mol. The van der Waals surface area contributed by atoms with Crippen molar-refractivity contribution in [3.05, 3.63) is 78.1 Å². The predicted molar refractivity (Wildman–Crippen MR) is 91.7 cm³/mol. The molecule has 0 aliphatic carbocycles. The Morgan fingerprint density at radius 1 is 1.12 bits per heavy atom. The number of hydrogen-bond donors (Lipinski definition) is 1. The monoisotopic (exact) mass is 335 g/mol.